The van der Waals surface area contributed by atoms with E-state index in [9.17, 15) is 14.4 Å². The van der Waals surface area contributed by atoms with Gasteiger partial charge in [-0.3, -0.25) is 9.59 Å². The molecule has 0 aromatic heterocycles. The number of nitriles is 1. The summed E-state index contributed by atoms with van der Waals surface area (Å²) in [5.41, 5.74) is 0.815. The molecule has 2 amide bonds. The number of ether oxygens (including phenoxy) is 1. The molecule has 1 aromatic rings. The van der Waals surface area contributed by atoms with Crippen molar-refractivity contribution >= 4 is 35.2 Å². The number of hydrogen-bond acceptors (Lipinski definition) is 6. The van der Waals surface area contributed by atoms with Crippen molar-refractivity contribution in [1.82, 2.24) is 5.32 Å². The molecule has 0 spiro atoms. The number of fused-ring (bicyclic) bond motifs is 1. The first-order valence-electron chi connectivity index (χ1n) is 6.93. The lowest BCUT2D eigenvalue weighted by molar-refractivity contribution is -0.124. The fourth-order valence-corrected chi connectivity index (χ4v) is 2.79. The van der Waals surface area contributed by atoms with Crippen molar-refractivity contribution in [3.63, 3.8) is 0 Å². The van der Waals surface area contributed by atoms with Gasteiger partial charge >= 0.3 is 5.97 Å². The molecule has 0 fully saturated rings. The number of hydrogen-bond donors (Lipinski definition) is 2. The molecule has 0 bridgehead atoms. The summed E-state index contributed by atoms with van der Waals surface area (Å²) < 4.78 is 4.91. The number of carbonyl (C=O) groups excluding carboxylic acids is 3. The van der Waals surface area contributed by atoms with Crippen LogP contribution >= 0.6 is 11.8 Å². The van der Waals surface area contributed by atoms with Crippen LogP contribution in [0.1, 0.15) is 23.7 Å². The predicted octanol–water partition coefficient (Wildman–Crippen LogP) is 1.31. The highest BCUT2D eigenvalue weighted by Gasteiger charge is 2.24. The summed E-state index contributed by atoms with van der Waals surface area (Å²) >= 11 is 1.42. The molecule has 0 saturated heterocycles. The summed E-state index contributed by atoms with van der Waals surface area (Å²) in [6.07, 6.45) is 0.195. The van der Waals surface area contributed by atoms with E-state index >= 15 is 0 Å². The van der Waals surface area contributed by atoms with E-state index in [1.165, 1.54) is 17.8 Å². The minimum Gasteiger partial charge on any atom is -0.452 e. The summed E-state index contributed by atoms with van der Waals surface area (Å²) in [6, 6.07) is 6.75. The first-order valence-corrected chi connectivity index (χ1v) is 7.81. The van der Waals surface area contributed by atoms with Crippen LogP contribution in [0.4, 0.5) is 5.69 Å². The van der Waals surface area contributed by atoms with E-state index in [4.69, 9.17) is 10.00 Å². The fraction of sp³-hybridized carbons (Fsp3) is 0.333. The quantitative estimate of drug-likeness (QED) is 0.621. The third-order valence-electron chi connectivity index (χ3n) is 3.04. The molecule has 120 valence electrons. The number of anilines is 1. The van der Waals surface area contributed by atoms with Gasteiger partial charge < -0.3 is 15.4 Å². The molecule has 23 heavy (non-hydrogen) atoms. The summed E-state index contributed by atoms with van der Waals surface area (Å²) in [6.45, 7) is 1.60. The summed E-state index contributed by atoms with van der Waals surface area (Å²) in [5.74, 6) is -1.24. The van der Waals surface area contributed by atoms with Crippen molar-refractivity contribution in [2.75, 3.05) is 18.5 Å². The Hall–Kier alpha value is -2.53. The normalized spacial score (nSPS) is 15.8. The first-order chi connectivity index (χ1) is 11.0. The van der Waals surface area contributed by atoms with E-state index in [1.807, 2.05) is 6.07 Å². The molecule has 2 rings (SSSR count). The molecule has 1 aliphatic heterocycles. The Morgan fingerprint density at radius 3 is 3.00 bits per heavy atom. The van der Waals surface area contributed by atoms with Gasteiger partial charge in [-0.25, -0.2) is 4.79 Å². The Kier molecular flexibility index (Phi) is 5.60. The minimum atomic E-state index is -0.652. The van der Waals surface area contributed by atoms with Gasteiger partial charge in [0.2, 0.25) is 5.91 Å². The molecule has 1 heterocycles. The summed E-state index contributed by atoms with van der Waals surface area (Å²) in [5, 5.41) is 13.4. The number of rotatable bonds is 5. The van der Waals surface area contributed by atoms with Crippen LogP contribution < -0.4 is 10.6 Å². The lowest BCUT2D eigenvalue weighted by atomic mass is 10.2. The number of esters is 1. The van der Waals surface area contributed by atoms with Crippen LogP contribution in [-0.2, 0) is 14.3 Å². The van der Waals surface area contributed by atoms with Gasteiger partial charge in [0.15, 0.2) is 6.61 Å². The van der Waals surface area contributed by atoms with E-state index in [0.29, 0.717) is 5.69 Å². The molecule has 2 N–H and O–H groups in total. The third-order valence-corrected chi connectivity index (χ3v) is 4.22. The Labute approximate surface area is 137 Å². The smallest absolute Gasteiger partial charge is 0.338 e. The number of nitrogens with one attached hydrogen (secondary N) is 2. The van der Waals surface area contributed by atoms with E-state index in [2.05, 4.69) is 10.6 Å². The molecule has 0 saturated carbocycles. The SMILES string of the molecule is CC1Sc2ccc(C(=O)OCC(=O)NCCC#N)cc2NC1=O. The van der Waals surface area contributed by atoms with Crippen LogP contribution in [0.3, 0.4) is 0 Å². The fourth-order valence-electron chi connectivity index (χ4n) is 1.86. The van der Waals surface area contributed by atoms with Crippen molar-refractivity contribution in [2.24, 2.45) is 0 Å². The van der Waals surface area contributed by atoms with Crippen molar-refractivity contribution in [3.8, 4) is 6.07 Å². The topological polar surface area (TPSA) is 108 Å². The molecular formula is C15H15N3O4S. The second-order valence-electron chi connectivity index (χ2n) is 4.79. The van der Waals surface area contributed by atoms with Crippen LogP contribution in [0.2, 0.25) is 0 Å². The van der Waals surface area contributed by atoms with Crippen LogP contribution in [0.25, 0.3) is 0 Å². The average Bonchev–Trinajstić information content (AvgIpc) is 2.53. The van der Waals surface area contributed by atoms with Gasteiger partial charge in [-0.15, -0.1) is 11.8 Å². The van der Waals surface area contributed by atoms with Crippen molar-refractivity contribution in [2.45, 2.75) is 23.5 Å². The van der Waals surface area contributed by atoms with Gasteiger partial charge in [-0.05, 0) is 25.1 Å². The predicted molar refractivity (Wildman–Crippen MR) is 83.9 cm³/mol. The van der Waals surface area contributed by atoms with E-state index < -0.39 is 18.5 Å². The number of thioether (sulfide) groups is 1. The number of benzene rings is 1. The van der Waals surface area contributed by atoms with E-state index in [1.54, 1.807) is 19.1 Å². The lowest BCUT2D eigenvalue weighted by Gasteiger charge is -2.21. The van der Waals surface area contributed by atoms with Crippen LogP contribution in [0, 0.1) is 11.3 Å². The molecule has 1 aliphatic rings. The van der Waals surface area contributed by atoms with Gasteiger partial charge in [-0.2, -0.15) is 5.26 Å². The zero-order valence-corrected chi connectivity index (χ0v) is 13.2. The van der Waals surface area contributed by atoms with Gasteiger partial charge in [-0.1, -0.05) is 0 Å². The Bertz CT molecular complexity index is 684. The Morgan fingerprint density at radius 2 is 2.26 bits per heavy atom. The molecule has 0 aliphatic carbocycles. The number of nitrogens with zero attached hydrogens (tertiary/aromatic N) is 1. The lowest BCUT2D eigenvalue weighted by Crippen LogP contribution is -2.29. The van der Waals surface area contributed by atoms with Gasteiger partial charge in [0.1, 0.15) is 0 Å². The molecule has 7 nitrogen and oxygen atoms in total. The maximum Gasteiger partial charge on any atom is 0.338 e. The van der Waals surface area contributed by atoms with E-state index in [0.717, 1.165) is 4.90 Å². The van der Waals surface area contributed by atoms with Crippen LogP contribution in [0.5, 0.6) is 0 Å². The second-order valence-corrected chi connectivity index (χ2v) is 6.18. The average molecular weight is 333 g/mol. The van der Waals surface area contributed by atoms with Gasteiger partial charge in [0, 0.05) is 11.4 Å². The molecular weight excluding hydrogens is 318 g/mol. The standard InChI is InChI=1S/C15H15N3O4S/c1-9-14(20)18-11-7-10(3-4-12(11)23-9)15(21)22-8-13(19)17-6-2-5-16/h3-4,7,9H,2,6,8H2,1H3,(H,17,19)(H,18,20). The molecule has 1 aromatic carbocycles. The molecule has 8 heteroatoms. The summed E-state index contributed by atoms with van der Waals surface area (Å²) in [4.78, 5) is 35.9. The molecule has 1 atom stereocenters. The van der Waals surface area contributed by atoms with Crippen LogP contribution in [0.15, 0.2) is 23.1 Å². The minimum absolute atomic E-state index is 0.120. The van der Waals surface area contributed by atoms with Crippen molar-refractivity contribution in [1.29, 1.82) is 5.26 Å². The molecule has 1 unspecified atom stereocenters. The van der Waals surface area contributed by atoms with Gasteiger partial charge in [0.05, 0.1) is 29.0 Å². The third kappa shape index (κ3) is 4.47. The maximum atomic E-state index is 11.9. The first kappa shape index (κ1) is 16.8. The highest BCUT2D eigenvalue weighted by Crippen LogP contribution is 2.35. The highest BCUT2D eigenvalue weighted by atomic mass is 32.2. The van der Waals surface area contributed by atoms with Crippen molar-refractivity contribution in [3.05, 3.63) is 23.8 Å². The maximum absolute atomic E-state index is 11.9. The zero-order chi connectivity index (χ0) is 16.8. The van der Waals surface area contributed by atoms with Crippen molar-refractivity contribution < 1.29 is 19.1 Å². The van der Waals surface area contributed by atoms with Gasteiger partial charge in [0.25, 0.3) is 5.91 Å². The summed E-state index contributed by atoms with van der Waals surface area (Å²) in [7, 11) is 0. The Balaban J connectivity index is 1.93. The number of carbonyl (C=O) groups is 3. The Morgan fingerprint density at radius 1 is 1.48 bits per heavy atom. The number of amides is 2. The second kappa shape index (κ2) is 7.65. The highest BCUT2D eigenvalue weighted by molar-refractivity contribution is 8.00. The van der Waals surface area contributed by atoms with Crippen LogP contribution in [-0.4, -0.2) is 36.2 Å². The largest absolute Gasteiger partial charge is 0.452 e. The molecule has 0 radical (unpaired) electrons. The monoisotopic (exact) mass is 333 g/mol. The van der Waals surface area contributed by atoms with E-state index in [-0.39, 0.29) is 29.7 Å². The zero-order valence-electron chi connectivity index (χ0n) is 12.4.